The lowest BCUT2D eigenvalue weighted by Crippen LogP contribution is -2.41. The number of benzene rings is 2. The fourth-order valence-corrected chi connectivity index (χ4v) is 4.36. The Bertz CT molecular complexity index is 1020. The third kappa shape index (κ3) is 2.24. The number of carbonyl (C=O) groups is 1. The van der Waals surface area contributed by atoms with E-state index in [1.54, 1.807) is 11.1 Å². The monoisotopic (exact) mass is 358 g/mol. The number of halogens is 1. The van der Waals surface area contributed by atoms with E-state index in [1.165, 1.54) is 24.3 Å². The second-order valence-corrected chi connectivity index (χ2v) is 6.76. The van der Waals surface area contributed by atoms with E-state index in [-0.39, 0.29) is 0 Å². The van der Waals surface area contributed by atoms with Gasteiger partial charge < -0.3 is 10.6 Å². The van der Waals surface area contributed by atoms with Gasteiger partial charge in [0, 0.05) is 12.1 Å². The average Bonchev–Trinajstić information content (AvgIpc) is 3.00. The number of nitrogens with zero attached hydrogens (tertiary/aromatic N) is 3. The van der Waals surface area contributed by atoms with Crippen LogP contribution >= 0.6 is 0 Å². The molecule has 1 fully saturated rings. The first-order valence-electron chi connectivity index (χ1n) is 8.45. The lowest BCUT2D eigenvalue weighted by atomic mass is 9.68. The highest BCUT2D eigenvalue weighted by Gasteiger charge is 2.63. The Kier molecular flexibility index (Phi) is 3.71. The number of amides is 1. The number of nitriles is 2. The molecule has 0 spiro atoms. The van der Waals surface area contributed by atoms with E-state index in [0.29, 0.717) is 5.56 Å². The van der Waals surface area contributed by atoms with Crippen LogP contribution in [0.1, 0.15) is 28.7 Å². The second-order valence-electron chi connectivity index (χ2n) is 6.76. The molecule has 132 valence electrons. The van der Waals surface area contributed by atoms with E-state index in [1.807, 2.05) is 30.3 Å². The zero-order chi connectivity index (χ0) is 19.2. The van der Waals surface area contributed by atoms with Crippen molar-refractivity contribution in [2.45, 2.75) is 18.0 Å². The topological polar surface area (TPSA) is 93.9 Å². The molecule has 1 saturated heterocycles. The van der Waals surface area contributed by atoms with Crippen LogP contribution in [-0.4, -0.2) is 16.8 Å². The molecule has 5 nitrogen and oxygen atoms in total. The largest absolute Gasteiger partial charge is 0.368 e. The third-order valence-electron chi connectivity index (χ3n) is 5.46. The number of hydrogen-bond donors (Lipinski definition) is 1. The molecule has 2 heterocycles. The smallest absolute Gasteiger partial charge is 0.240 e. The molecule has 3 atom stereocenters. The Balaban J connectivity index is 2.00. The molecular weight excluding hydrogens is 343 g/mol. The first kappa shape index (κ1) is 16.8. The Morgan fingerprint density at radius 3 is 2.41 bits per heavy atom. The van der Waals surface area contributed by atoms with Crippen LogP contribution in [-0.2, 0) is 4.79 Å². The van der Waals surface area contributed by atoms with Crippen molar-refractivity contribution in [3.63, 3.8) is 0 Å². The maximum atomic E-state index is 13.4. The summed E-state index contributed by atoms with van der Waals surface area (Å²) in [5.41, 5.74) is 6.36. The minimum atomic E-state index is -1.56. The summed E-state index contributed by atoms with van der Waals surface area (Å²) in [6, 6.07) is 15.8. The fraction of sp³-hybridized carbons (Fsp3) is 0.190. The predicted molar refractivity (Wildman–Crippen MR) is 95.8 cm³/mol. The summed E-state index contributed by atoms with van der Waals surface area (Å²) in [5, 5.41) is 20.2. The van der Waals surface area contributed by atoms with Gasteiger partial charge in [-0.3, -0.25) is 4.79 Å². The van der Waals surface area contributed by atoms with Crippen LogP contribution in [0, 0.1) is 33.9 Å². The van der Waals surface area contributed by atoms with E-state index in [2.05, 4.69) is 12.1 Å². The first-order chi connectivity index (χ1) is 13.0. The molecule has 2 aliphatic heterocycles. The van der Waals surface area contributed by atoms with E-state index < -0.39 is 35.1 Å². The highest BCUT2D eigenvalue weighted by atomic mass is 19.1. The van der Waals surface area contributed by atoms with Gasteiger partial charge in [0.2, 0.25) is 5.91 Å². The predicted octanol–water partition coefficient (Wildman–Crippen LogP) is 2.84. The van der Waals surface area contributed by atoms with E-state index in [9.17, 15) is 19.7 Å². The van der Waals surface area contributed by atoms with Crippen molar-refractivity contribution in [1.82, 2.24) is 4.90 Å². The fourth-order valence-electron chi connectivity index (χ4n) is 4.36. The van der Waals surface area contributed by atoms with Crippen LogP contribution < -0.4 is 5.73 Å². The van der Waals surface area contributed by atoms with Gasteiger partial charge in [0.25, 0.3) is 0 Å². The molecule has 2 aromatic rings. The summed E-state index contributed by atoms with van der Waals surface area (Å²) in [4.78, 5) is 14.1. The number of carbonyl (C=O) groups excluding carboxylic acids is 1. The molecule has 0 aliphatic carbocycles. The molecule has 0 saturated carbocycles. The van der Waals surface area contributed by atoms with Gasteiger partial charge >= 0.3 is 0 Å². The average molecular weight is 358 g/mol. The Morgan fingerprint density at radius 1 is 1.11 bits per heavy atom. The van der Waals surface area contributed by atoms with Crippen LogP contribution in [0.4, 0.5) is 4.39 Å². The van der Waals surface area contributed by atoms with Crippen molar-refractivity contribution in [1.29, 1.82) is 10.5 Å². The molecule has 0 aromatic heterocycles. The first-order valence-corrected chi connectivity index (χ1v) is 8.45. The van der Waals surface area contributed by atoms with Crippen molar-refractivity contribution >= 4 is 12.0 Å². The van der Waals surface area contributed by atoms with Gasteiger partial charge in [-0.05, 0) is 34.9 Å². The molecule has 4 rings (SSSR count). The standard InChI is InChI=1S/C21H15FN4O/c22-15-7-5-14(6-8-15)17-18(20(25)27)26-10-9-13-3-1-2-4-16(13)19(26)21(17,11-23)12-24/h1-10,17-19H,(H2,25,27)/t17-,18+,19+/m1/s1. The number of rotatable bonds is 2. The zero-order valence-corrected chi connectivity index (χ0v) is 14.2. The van der Waals surface area contributed by atoms with Crippen LogP contribution in [0.5, 0.6) is 0 Å². The lowest BCUT2D eigenvalue weighted by molar-refractivity contribution is -0.122. The van der Waals surface area contributed by atoms with Crippen molar-refractivity contribution in [3.8, 4) is 12.1 Å². The number of primary amides is 1. The van der Waals surface area contributed by atoms with Crippen LogP contribution in [0.3, 0.4) is 0 Å². The SMILES string of the molecule is N#CC1(C#N)[C@H](c2ccc(F)cc2)[C@@H](C(N)=O)N2C=Cc3ccccc3[C@H]21. The van der Waals surface area contributed by atoms with Gasteiger partial charge in [-0.1, -0.05) is 36.4 Å². The normalized spacial score (nSPS) is 24.4. The minimum absolute atomic E-state index is 0.435. The number of fused-ring (bicyclic) bond motifs is 3. The molecule has 2 aromatic carbocycles. The molecule has 6 heteroatoms. The molecule has 27 heavy (non-hydrogen) atoms. The Labute approximate surface area is 155 Å². The van der Waals surface area contributed by atoms with Gasteiger partial charge in [-0.2, -0.15) is 10.5 Å². The van der Waals surface area contributed by atoms with E-state index in [4.69, 9.17) is 5.73 Å². The number of hydrogen-bond acceptors (Lipinski definition) is 4. The van der Waals surface area contributed by atoms with Gasteiger partial charge in [0.05, 0.1) is 18.2 Å². The summed E-state index contributed by atoms with van der Waals surface area (Å²) in [6.07, 6.45) is 3.56. The quantitative estimate of drug-likeness (QED) is 0.893. The van der Waals surface area contributed by atoms with Crippen LogP contribution in [0.25, 0.3) is 6.08 Å². The summed E-state index contributed by atoms with van der Waals surface area (Å²) < 4.78 is 13.4. The van der Waals surface area contributed by atoms with Gasteiger partial charge in [-0.25, -0.2) is 4.39 Å². The van der Waals surface area contributed by atoms with Gasteiger partial charge in [0.15, 0.2) is 5.41 Å². The van der Waals surface area contributed by atoms with Crippen molar-refractivity contribution < 1.29 is 9.18 Å². The number of nitrogens with two attached hydrogens (primary N) is 1. The summed E-state index contributed by atoms with van der Waals surface area (Å²) in [7, 11) is 0. The van der Waals surface area contributed by atoms with Crippen LogP contribution in [0.15, 0.2) is 54.7 Å². The zero-order valence-electron chi connectivity index (χ0n) is 14.2. The summed E-state index contributed by atoms with van der Waals surface area (Å²) >= 11 is 0. The maximum Gasteiger partial charge on any atom is 0.240 e. The van der Waals surface area contributed by atoms with Crippen molar-refractivity contribution in [3.05, 3.63) is 77.2 Å². The van der Waals surface area contributed by atoms with Crippen molar-refractivity contribution in [2.75, 3.05) is 0 Å². The maximum absolute atomic E-state index is 13.4. The second kappa shape index (κ2) is 5.96. The van der Waals surface area contributed by atoms with E-state index >= 15 is 0 Å². The molecule has 0 bridgehead atoms. The van der Waals surface area contributed by atoms with Gasteiger partial charge in [0.1, 0.15) is 11.9 Å². The summed E-state index contributed by atoms with van der Waals surface area (Å²) in [5.74, 6) is -1.88. The third-order valence-corrected chi connectivity index (χ3v) is 5.46. The van der Waals surface area contributed by atoms with E-state index in [0.717, 1.165) is 11.1 Å². The van der Waals surface area contributed by atoms with Crippen LogP contribution in [0.2, 0.25) is 0 Å². The lowest BCUT2D eigenvalue weighted by Gasteiger charge is -2.34. The molecule has 0 unspecified atom stereocenters. The molecule has 0 radical (unpaired) electrons. The van der Waals surface area contributed by atoms with Crippen molar-refractivity contribution in [2.24, 2.45) is 11.1 Å². The molecule has 1 amide bonds. The summed E-state index contributed by atoms with van der Waals surface area (Å²) in [6.45, 7) is 0. The molecular formula is C21H15FN4O. The minimum Gasteiger partial charge on any atom is -0.368 e. The highest BCUT2D eigenvalue weighted by molar-refractivity contribution is 5.83. The molecule has 2 N–H and O–H groups in total. The Hall–Kier alpha value is -3.64. The highest BCUT2D eigenvalue weighted by Crippen LogP contribution is 2.59. The molecule has 2 aliphatic rings. The Morgan fingerprint density at radius 2 is 1.78 bits per heavy atom. The van der Waals surface area contributed by atoms with Gasteiger partial charge in [-0.15, -0.1) is 0 Å².